The second-order valence-corrected chi connectivity index (χ2v) is 5.74. The minimum Gasteiger partial charge on any atom is -0.314 e. The Kier molecular flexibility index (Phi) is 5.24. The summed E-state index contributed by atoms with van der Waals surface area (Å²) in [6, 6.07) is 0.776. The highest BCUT2D eigenvalue weighted by atomic mass is 15.2. The molecule has 1 aromatic heterocycles. The number of aromatic nitrogens is 2. The van der Waals surface area contributed by atoms with Gasteiger partial charge in [-0.25, -0.2) is 0 Å². The third kappa shape index (κ3) is 4.13. The summed E-state index contributed by atoms with van der Waals surface area (Å²) in [6.45, 7) is 3.43. The molecule has 1 heterocycles. The van der Waals surface area contributed by atoms with Crippen LogP contribution in [0.15, 0.2) is 12.4 Å². The van der Waals surface area contributed by atoms with E-state index in [1.165, 1.54) is 57.1 Å². The van der Waals surface area contributed by atoms with Crippen molar-refractivity contribution in [1.29, 1.82) is 0 Å². The van der Waals surface area contributed by atoms with Crippen LogP contribution in [0, 0.1) is 5.92 Å². The molecule has 0 spiro atoms. The molecule has 2 rings (SSSR count). The number of nitrogens with one attached hydrogen (secondary N) is 1. The predicted octanol–water partition coefficient (Wildman–Crippen LogP) is 2.91. The van der Waals surface area contributed by atoms with E-state index in [0.717, 1.165) is 12.0 Å². The number of rotatable bonds is 6. The largest absolute Gasteiger partial charge is 0.314 e. The molecule has 1 N–H and O–H groups in total. The van der Waals surface area contributed by atoms with Crippen LogP contribution in [0.2, 0.25) is 0 Å². The Labute approximate surface area is 111 Å². The Morgan fingerprint density at radius 1 is 1.44 bits per heavy atom. The van der Waals surface area contributed by atoms with E-state index in [-0.39, 0.29) is 0 Å². The molecular weight excluding hydrogens is 222 g/mol. The fourth-order valence-corrected chi connectivity index (χ4v) is 3.06. The van der Waals surface area contributed by atoms with Gasteiger partial charge in [-0.2, -0.15) is 5.10 Å². The second kappa shape index (κ2) is 6.93. The van der Waals surface area contributed by atoms with Crippen LogP contribution in [0.3, 0.4) is 0 Å². The third-order valence-electron chi connectivity index (χ3n) is 4.07. The van der Waals surface area contributed by atoms with Crippen molar-refractivity contribution in [2.24, 2.45) is 13.0 Å². The van der Waals surface area contributed by atoms with Crippen LogP contribution < -0.4 is 5.32 Å². The highest BCUT2D eigenvalue weighted by Gasteiger charge is 2.21. The lowest BCUT2D eigenvalue weighted by Gasteiger charge is -2.29. The second-order valence-electron chi connectivity index (χ2n) is 5.74. The minimum atomic E-state index is 0.776. The zero-order chi connectivity index (χ0) is 12.8. The summed E-state index contributed by atoms with van der Waals surface area (Å²) < 4.78 is 1.90. The summed E-state index contributed by atoms with van der Waals surface area (Å²) in [7, 11) is 1.99. The van der Waals surface area contributed by atoms with Crippen LogP contribution in [-0.2, 0) is 13.5 Å². The summed E-state index contributed by atoms with van der Waals surface area (Å²) in [5, 5.41) is 7.93. The highest BCUT2D eigenvalue weighted by Crippen LogP contribution is 2.28. The van der Waals surface area contributed by atoms with Gasteiger partial charge in [0, 0.05) is 19.3 Å². The van der Waals surface area contributed by atoms with Gasteiger partial charge in [-0.3, -0.25) is 4.68 Å². The van der Waals surface area contributed by atoms with Gasteiger partial charge in [0.1, 0.15) is 0 Å². The average molecular weight is 249 g/mol. The van der Waals surface area contributed by atoms with Gasteiger partial charge in [0.2, 0.25) is 0 Å². The average Bonchev–Trinajstić information content (AvgIpc) is 2.80. The van der Waals surface area contributed by atoms with Crippen molar-refractivity contribution in [3.63, 3.8) is 0 Å². The molecule has 18 heavy (non-hydrogen) atoms. The molecular formula is C15H27N3. The molecule has 3 heteroatoms. The summed E-state index contributed by atoms with van der Waals surface area (Å²) in [6.07, 6.45) is 13.5. The van der Waals surface area contributed by atoms with Crippen LogP contribution in [0.25, 0.3) is 0 Å². The molecule has 102 valence electrons. The van der Waals surface area contributed by atoms with E-state index in [1.807, 2.05) is 17.9 Å². The highest BCUT2D eigenvalue weighted by molar-refractivity contribution is 5.03. The smallest absolute Gasteiger partial charge is 0.0521 e. The Morgan fingerprint density at radius 3 is 3.06 bits per heavy atom. The minimum absolute atomic E-state index is 0.776. The molecule has 2 unspecified atom stereocenters. The standard InChI is InChI=1S/C15H27N3/c1-3-9-16-15-6-4-5-13(10-15)7-8-14-11-17-18(2)12-14/h11-13,15-16H,3-10H2,1-2H3. The molecule has 0 amide bonds. The molecule has 0 saturated heterocycles. The van der Waals surface area contributed by atoms with Gasteiger partial charge in [-0.1, -0.05) is 19.8 Å². The third-order valence-corrected chi connectivity index (χ3v) is 4.07. The molecule has 1 saturated carbocycles. The number of nitrogens with zero attached hydrogens (tertiary/aromatic N) is 2. The van der Waals surface area contributed by atoms with Gasteiger partial charge in [-0.05, 0) is 50.1 Å². The molecule has 1 aliphatic carbocycles. The molecule has 0 bridgehead atoms. The molecule has 1 fully saturated rings. The molecule has 0 aromatic carbocycles. The van der Waals surface area contributed by atoms with Crippen molar-refractivity contribution in [1.82, 2.24) is 15.1 Å². The Morgan fingerprint density at radius 2 is 2.33 bits per heavy atom. The lowest BCUT2D eigenvalue weighted by Crippen LogP contribution is -2.34. The Bertz CT molecular complexity index is 345. The maximum absolute atomic E-state index is 4.24. The fraction of sp³-hybridized carbons (Fsp3) is 0.800. The van der Waals surface area contributed by atoms with Gasteiger partial charge < -0.3 is 5.32 Å². The molecule has 0 radical (unpaired) electrons. The summed E-state index contributed by atoms with van der Waals surface area (Å²) in [5.41, 5.74) is 1.39. The van der Waals surface area contributed by atoms with Crippen molar-refractivity contribution >= 4 is 0 Å². The van der Waals surface area contributed by atoms with Crippen molar-refractivity contribution in [3.05, 3.63) is 18.0 Å². The molecule has 2 atom stereocenters. The first-order valence-corrected chi connectivity index (χ1v) is 7.49. The van der Waals surface area contributed by atoms with Gasteiger partial charge in [0.25, 0.3) is 0 Å². The molecule has 0 aliphatic heterocycles. The van der Waals surface area contributed by atoms with Crippen LogP contribution >= 0.6 is 0 Å². The molecule has 1 aromatic rings. The van der Waals surface area contributed by atoms with Gasteiger partial charge in [0.15, 0.2) is 0 Å². The van der Waals surface area contributed by atoms with E-state index in [1.54, 1.807) is 0 Å². The Balaban J connectivity index is 1.72. The number of aryl methyl sites for hydroxylation is 2. The summed E-state index contributed by atoms with van der Waals surface area (Å²) >= 11 is 0. The van der Waals surface area contributed by atoms with Crippen LogP contribution in [0.5, 0.6) is 0 Å². The van der Waals surface area contributed by atoms with Crippen LogP contribution in [0.1, 0.15) is 51.0 Å². The fourth-order valence-electron chi connectivity index (χ4n) is 3.06. The SMILES string of the molecule is CCCNC1CCCC(CCc2cnn(C)c2)C1. The topological polar surface area (TPSA) is 29.9 Å². The van der Waals surface area contributed by atoms with Crippen LogP contribution in [-0.4, -0.2) is 22.4 Å². The van der Waals surface area contributed by atoms with Crippen molar-refractivity contribution < 1.29 is 0 Å². The van der Waals surface area contributed by atoms with Gasteiger partial charge >= 0.3 is 0 Å². The van der Waals surface area contributed by atoms with Crippen molar-refractivity contribution in [3.8, 4) is 0 Å². The first-order chi connectivity index (χ1) is 8.78. The predicted molar refractivity (Wildman–Crippen MR) is 75.6 cm³/mol. The maximum atomic E-state index is 4.24. The number of hydrogen-bond donors (Lipinski definition) is 1. The lowest BCUT2D eigenvalue weighted by atomic mass is 9.82. The molecule has 3 nitrogen and oxygen atoms in total. The van der Waals surface area contributed by atoms with E-state index in [2.05, 4.69) is 23.5 Å². The maximum Gasteiger partial charge on any atom is 0.0521 e. The van der Waals surface area contributed by atoms with Gasteiger partial charge in [-0.15, -0.1) is 0 Å². The first kappa shape index (κ1) is 13.6. The van der Waals surface area contributed by atoms with E-state index < -0.39 is 0 Å². The zero-order valence-electron chi connectivity index (χ0n) is 11.9. The monoisotopic (exact) mass is 249 g/mol. The van der Waals surface area contributed by atoms with E-state index in [4.69, 9.17) is 0 Å². The van der Waals surface area contributed by atoms with Crippen molar-refractivity contribution in [2.45, 2.75) is 57.9 Å². The quantitative estimate of drug-likeness (QED) is 0.840. The summed E-state index contributed by atoms with van der Waals surface area (Å²) in [4.78, 5) is 0. The van der Waals surface area contributed by atoms with E-state index in [0.29, 0.717) is 0 Å². The summed E-state index contributed by atoms with van der Waals surface area (Å²) in [5.74, 6) is 0.910. The molecule has 1 aliphatic rings. The van der Waals surface area contributed by atoms with Crippen LogP contribution in [0.4, 0.5) is 0 Å². The number of hydrogen-bond acceptors (Lipinski definition) is 2. The normalized spacial score (nSPS) is 24.3. The van der Waals surface area contributed by atoms with Gasteiger partial charge in [0.05, 0.1) is 6.20 Å². The zero-order valence-corrected chi connectivity index (χ0v) is 11.9. The first-order valence-electron chi connectivity index (χ1n) is 7.49. The van der Waals surface area contributed by atoms with E-state index >= 15 is 0 Å². The van der Waals surface area contributed by atoms with Crippen molar-refractivity contribution in [2.75, 3.05) is 6.54 Å². The van der Waals surface area contributed by atoms with E-state index in [9.17, 15) is 0 Å². The Hall–Kier alpha value is -0.830. The lowest BCUT2D eigenvalue weighted by molar-refractivity contribution is 0.274.